The van der Waals surface area contributed by atoms with Gasteiger partial charge in [-0.2, -0.15) is 5.26 Å². The summed E-state index contributed by atoms with van der Waals surface area (Å²) in [5.41, 5.74) is 2.75. The van der Waals surface area contributed by atoms with Crippen LogP contribution in [0.4, 0.5) is 11.4 Å². The average Bonchev–Trinajstić information content (AvgIpc) is 2.89. The van der Waals surface area contributed by atoms with Gasteiger partial charge >= 0.3 is 0 Å². The number of nitrogens with one attached hydrogen (secondary N) is 1. The van der Waals surface area contributed by atoms with E-state index in [0.717, 1.165) is 38.9 Å². The highest BCUT2D eigenvalue weighted by molar-refractivity contribution is 6.12. The van der Waals surface area contributed by atoms with Crippen molar-refractivity contribution in [3.05, 3.63) is 90.6 Å². The number of hydrogen-bond donors (Lipinski definition) is 1. The molecule has 5 rings (SSSR count). The Hall–Kier alpha value is -4.76. The third-order valence-corrected chi connectivity index (χ3v) is 5.60. The number of para-hydroxylation sites is 1. The van der Waals surface area contributed by atoms with Crippen LogP contribution in [0.25, 0.3) is 21.7 Å². The van der Waals surface area contributed by atoms with Crippen molar-refractivity contribution < 1.29 is 14.2 Å². The van der Waals surface area contributed by atoms with E-state index in [2.05, 4.69) is 16.4 Å². The fourth-order valence-electron chi connectivity index (χ4n) is 3.99. The molecule has 166 valence electrons. The Kier molecular flexibility index (Phi) is 5.59. The van der Waals surface area contributed by atoms with Crippen molar-refractivity contribution in [3.63, 3.8) is 0 Å². The Morgan fingerprint density at radius 2 is 1.47 bits per heavy atom. The van der Waals surface area contributed by atoms with Gasteiger partial charge in [-0.3, -0.25) is 4.98 Å². The van der Waals surface area contributed by atoms with E-state index in [1.807, 2.05) is 78.9 Å². The summed E-state index contributed by atoms with van der Waals surface area (Å²) >= 11 is 0. The molecule has 34 heavy (non-hydrogen) atoms. The van der Waals surface area contributed by atoms with E-state index in [1.165, 1.54) is 0 Å². The molecule has 0 unspecified atom stereocenters. The van der Waals surface area contributed by atoms with Gasteiger partial charge in [-0.25, -0.2) is 0 Å². The molecule has 6 nitrogen and oxygen atoms in total. The van der Waals surface area contributed by atoms with Gasteiger partial charge in [0.25, 0.3) is 0 Å². The first kappa shape index (κ1) is 21.1. The molecule has 0 bridgehead atoms. The molecule has 6 heteroatoms. The number of hydrogen-bond acceptors (Lipinski definition) is 6. The zero-order valence-electron chi connectivity index (χ0n) is 18.7. The fraction of sp³-hybridized carbons (Fsp3) is 0.0714. The number of ether oxygens (including phenoxy) is 3. The molecule has 0 aliphatic carbocycles. The highest BCUT2D eigenvalue weighted by atomic mass is 16.5. The lowest BCUT2D eigenvalue weighted by atomic mass is 10.0. The van der Waals surface area contributed by atoms with E-state index >= 15 is 0 Å². The number of methoxy groups -OCH3 is 2. The van der Waals surface area contributed by atoms with Crippen LogP contribution in [0.5, 0.6) is 23.0 Å². The third kappa shape index (κ3) is 3.80. The largest absolute Gasteiger partial charge is 0.493 e. The molecule has 0 amide bonds. The van der Waals surface area contributed by atoms with Crippen molar-refractivity contribution in [1.29, 1.82) is 5.26 Å². The minimum absolute atomic E-state index is 0.455. The molecule has 0 fully saturated rings. The van der Waals surface area contributed by atoms with Crippen molar-refractivity contribution in [2.75, 3.05) is 19.5 Å². The number of pyridine rings is 1. The van der Waals surface area contributed by atoms with E-state index < -0.39 is 0 Å². The average molecular weight is 447 g/mol. The van der Waals surface area contributed by atoms with E-state index in [9.17, 15) is 5.26 Å². The van der Waals surface area contributed by atoms with E-state index in [1.54, 1.807) is 20.4 Å². The lowest BCUT2D eigenvalue weighted by Crippen LogP contribution is -1.98. The van der Waals surface area contributed by atoms with Crippen molar-refractivity contribution in [2.24, 2.45) is 0 Å². The van der Waals surface area contributed by atoms with Crippen LogP contribution in [0.15, 0.2) is 85.1 Å². The molecule has 0 atom stereocenters. The van der Waals surface area contributed by atoms with Gasteiger partial charge in [0.15, 0.2) is 11.5 Å². The van der Waals surface area contributed by atoms with Gasteiger partial charge < -0.3 is 19.5 Å². The number of anilines is 2. The summed E-state index contributed by atoms with van der Waals surface area (Å²) in [6.07, 6.45) is 1.59. The Bertz CT molecular complexity index is 1530. The van der Waals surface area contributed by atoms with Crippen LogP contribution in [-0.2, 0) is 0 Å². The lowest BCUT2D eigenvalue weighted by Gasteiger charge is -2.15. The zero-order valence-corrected chi connectivity index (χ0v) is 18.7. The van der Waals surface area contributed by atoms with E-state index in [0.29, 0.717) is 22.7 Å². The summed E-state index contributed by atoms with van der Waals surface area (Å²) in [6.45, 7) is 0. The van der Waals surface area contributed by atoms with Crippen molar-refractivity contribution in [2.45, 2.75) is 0 Å². The predicted octanol–water partition coefficient (Wildman–Crippen LogP) is 6.81. The smallest absolute Gasteiger partial charge is 0.168 e. The first-order valence-corrected chi connectivity index (χ1v) is 10.7. The van der Waals surface area contributed by atoms with Gasteiger partial charge in [0.2, 0.25) is 0 Å². The number of nitrogens with zero attached hydrogens (tertiary/aromatic N) is 2. The van der Waals surface area contributed by atoms with Crippen LogP contribution < -0.4 is 19.5 Å². The number of nitriles is 1. The summed E-state index contributed by atoms with van der Waals surface area (Å²) < 4.78 is 16.9. The Morgan fingerprint density at radius 1 is 0.765 bits per heavy atom. The van der Waals surface area contributed by atoms with Crippen molar-refractivity contribution in [3.8, 4) is 29.1 Å². The first-order chi connectivity index (χ1) is 16.7. The molecule has 0 radical (unpaired) electrons. The SMILES string of the molecule is COc1ccc2c(ccc3c(Nc4ccc(Oc5ccccc5)cc4)c(C#N)cnc32)c1OC. The van der Waals surface area contributed by atoms with Gasteiger partial charge in [0.05, 0.1) is 31.0 Å². The van der Waals surface area contributed by atoms with Crippen LogP contribution in [0.2, 0.25) is 0 Å². The summed E-state index contributed by atoms with van der Waals surface area (Å²) in [6, 6.07) is 27.2. The molecule has 1 aromatic heterocycles. The van der Waals surface area contributed by atoms with Gasteiger partial charge in [-0.1, -0.05) is 18.2 Å². The van der Waals surface area contributed by atoms with Crippen LogP contribution in [-0.4, -0.2) is 19.2 Å². The number of fused-ring (bicyclic) bond motifs is 3. The van der Waals surface area contributed by atoms with Crippen molar-refractivity contribution in [1.82, 2.24) is 4.98 Å². The molecule has 5 aromatic rings. The van der Waals surface area contributed by atoms with Crippen LogP contribution in [0.3, 0.4) is 0 Å². The molecule has 0 aliphatic heterocycles. The van der Waals surface area contributed by atoms with Crippen LogP contribution in [0, 0.1) is 11.3 Å². The minimum atomic E-state index is 0.455. The Labute approximate surface area is 197 Å². The summed E-state index contributed by atoms with van der Waals surface area (Å²) in [7, 11) is 3.23. The second kappa shape index (κ2) is 9.00. The summed E-state index contributed by atoms with van der Waals surface area (Å²) in [4.78, 5) is 4.60. The zero-order chi connectivity index (χ0) is 23.5. The molecule has 0 saturated carbocycles. The number of rotatable bonds is 6. The maximum absolute atomic E-state index is 9.74. The minimum Gasteiger partial charge on any atom is -0.493 e. The van der Waals surface area contributed by atoms with Crippen molar-refractivity contribution >= 4 is 33.1 Å². The Morgan fingerprint density at radius 3 is 2.18 bits per heavy atom. The molecular weight excluding hydrogens is 426 g/mol. The number of benzene rings is 4. The molecule has 4 aromatic carbocycles. The quantitative estimate of drug-likeness (QED) is 0.288. The normalized spacial score (nSPS) is 10.6. The van der Waals surface area contributed by atoms with E-state index in [-0.39, 0.29) is 0 Å². The monoisotopic (exact) mass is 447 g/mol. The van der Waals surface area contributed by atoms with E-state index in [4.69, 9.17) is 14.2 Å². The highest BCUT2D eigenvalue weighted by Gasteiger charge is 2.15. The number of aromatic nitrogens is 1. The lowest BCUT2D eigenvalue weighted by molar-refractivity contribution is 0.358. The van der Waals surface area contributed by atoms with Gasteiger partial charge in [0, 0.05) is 28.0 Å². The molecule has 0 aliphatic rings. The fourth-order valence-corrected chi connectivity index (χ4v) is 3.99. The van der Waals surface area contributed by atoms with Gasteiger partial charge in [0.1, 0.15) is 17.6 Å². The second-order valence-corrected chi connectivity index (χ2v) is 7.58. The van der Waals surface area contributed by atoms with Crippen LogP contribution in [0.1, 0.15) is 5.56 Å². The highest BCUT2D eigenvalue weighted by Crippen LogP contribution is 2.40. The maximum Gasteiger partial charge on any atom is 0.168 e. The molecule has 1 heterocycles. The van der Waals surface area contributed by atoms with Gasteiger partial charge in [-0.15, -0.1) is 0 Å². The predicted molar refractivity (Wildman–Crippen MR) is 133 cm³/mol. The second-order valence-electron chi connectivity index (χ2n) is 7.58. The molecule has 0 saturated heterocycles. The summed E-state index contributed by atoms with van der Waals surface area (Å²) in [5.74, 6) is 2.80. The molecule has 0 spiro atoms. The van der Waals surface area contributed by atoms with Gasteiger partial charge in [-0.05, 0) is 60.7 Å². The Balaban J connectivity index is 1.55. The summed E-state index contributed by atoms with van der Waals surface area (Å²) in [5, 5.41) is 15.8. The standard InChI is InChI=1S/C28H21N3O3/c1-32-25-15-14-22-23(28(25)33-2)12-13-24-26(18(16-29)17-30-27(22)24)31-19-8-10-21(11-9-19)34-20-6-4-3-5-7-20/h3-15,17H,1-2H3,(H,30,31). The molecule has 1 N–H and O–H groups in total. The topological polar surface area (TPSA) is 76.4 Å². The third-order valence-electron chi connectivity index (χ3n) is 5.60. The van der Waals surface area contributed by atoms with Crippen LogP contribution >= 0.6 is 0 Å². The first-order valence-electron chi connectivity index (χ1n) is 10.7. The molecular formula is C28H21N3O3. The maximum atomic E-state index is 9.74.